The smallest absolute Gasteiger partial charge is 0.437 e. The Labute approximate surface area is 331 Å². The Bertz CT molecular complexity index is 2350. The van der Waals surface area contributed by atoms with Gasteiger partial charge in [0, 0.05) is 87.1 Å². The lowest BCUT2D eigenvalue weighted by Gasteiger charge is -2.21. The van der Waals surface area contributed by atoms with Gasteiger partial charge in [0.05, 0.1) is 29.6 Å². The van der Waals surface area contributed by atoms with Gasteiger partial charge in [-0.3, -0.25) is 14.6 Å². The summed E-state index contributed by atoms with van der Waals surface area (Å²) in [6.45, 7) is 1.67. The minimum absolute atomic E-state index is 0.0135. The number of amides is 2. The number of pyridine rings is 2. The lowest BCUT2D eigenvalue weighted by atomic mass is 9.98. The third kappa shape index (κ3) is 7.98. The van der Waals surface area contributed by atoms with Gasteiger partial charge < -0.3 is 35.9 Å². The van der Waals surface area contributed by atoms with Gasteiger partial charge in [-0.05, 0) is 60.6 Å². The number of hydrogen-bond donors (Lipinski definition) is 5. The van der Waals surface area contributed by atoms with Crippen LogP contribution in [0, 0.1) is 0 Å². The molecular weight excluding hydrogens is 761 g/mol. The van der Waals surface area contributed by atoms with E-state index in [1.165, 1.54) is 7.11 Å². The summed E-state index contributed by atoms with van der Waals surface area (Å²) in [5, 5.41) is 16.8. The number of nitrogens with zero attached hydrogens (tertiary/aromatic N) is 5. The maximum atomic E-state index is 14.5. The van der Waals surface area contributed by atoms with E-state index in [1.54, 1.807) is 6.20 Å². The lowest BCUT2D eigenvalue weighted by molar-refractivity contribution is -0.141. The van der Waals surface area contributed by atoms with Gasteiger partial charge in [-0.25, -0.2) is 9.97 Å². The van der Waals surface area contributed by atoms with Gasteiger partial charge in [-0.1, -0.05) is 29.8 Å². The number of hydrogen-bond acceptors (Lipinski definition) is 10. The van der Waals surface area contributed by atoms with Crippen molar-refractivity contribution in [1.82, 2.24) is 45.8 Å². The van der Waals surface area contributed by atoms with Crippen LogP contribution in [-0.4, -0.2) is 68.6 Å². The molecule has 2 fully saturated rings. The van der Waals surface area contributed by atoms with E-state index in [0.29, 0.717) is 73.7 Å². The highest BCUT2D eigenvalue weighted by atomic mass is 35.5. The number of fused-ring (bicyclic) bond motifs is 2. The fraction of sp³-hybridized carbons (Fsp3) is 0.400. The van der Waals surface area contributed by atoms with E-state index in [1.807, 2.05) is 54.2 Å². The molecule has 3 aliphatic rings. The van der Waals surface area contributed by atoms with Gasteiger partial charge in [0.15, 0.2) is 11.5 Å². The van der Waals surface area contributed by atoms with E-state index >= 15 is 0 Å². The Balaban J connectivity index is 1.02. The predicted molar refractivity (Wildman–Crippen MR) is 208 cm³/mol. The zero-order valence-corrected chi connectivity index (χ0v) is 32.2. The highest BCUT2D eigenvalue weighted by molar-refractivity contribution is 6.35. The lowest BCUT2D eigenvalue weighted by Crippen LogP contribution is -2.35. The summed E-state index contributed by atoms with van der Waals surface area (Å²) >= 11 is 7.14. The normalized spacial score (nSPS) is 19.2. The van der Waals surface area contributed by atoms with Gasteiger partial charge >= 0.3 is 6.18 Å². The average Bonchev–Trinajstić information content (AvgIpc) is 3.98. The largest absolute Gasteiger partial charge is 0.480 e. The van der Waals surface area contributed by atoms with Crippen LogP contribution in [-0.2, 0) is 42.3 Å². The molecule has 5 aromatic rings. The molecule has 17 heteroatoms. The van der Waals surface area contributed by atoms with Crippen molar-refractivity contribution >= 4 is 40.3 Å². The number of halogens is 4. The van der Waals surface area contributed by atoms with Crippen LogP contribution in [0.15, 0.2) is 48.8 Å². The molecule has 1 aliphatic carbocycles. The van der Waals surface area contributed by atoms with Crippen LogP contribution in [0.2, 0.25) is 5.02 Å². The minimum Gasteiger partial charge on any atom is -0.480 e. The number of anilines is 1. The van der Waals surface area contributed by atoms with E-state index in [-0.39, 0.29) is 42.0 Å². The SMILES string of the molecule is COc1nc(N[C@H]2CCc3c(-c4nccc(-c5ccc6c(CNC[C@H]7CCC(=O)N7)cn(C)c6n5)c4Cl)cccc32)c(C(F)(F)F)nc1CNC[C@@H]1CCC(=O)N1. The molecule has 0 bridgehead atoms. The molecule has 2 aliphatic heterocycles. The number of methoxy groups -OCH3 is 1. The van der Waals surface area contributed by atoms with Gasteiger partial charge in [0.25, 0.3) is 0 Å². The van der Waals surface area contributed by atoms with Crippen molar-refractivity contribution in [2.75, 3.05) is 25.5 Å². The molecule has 5 N–H and O–H groups in total. The van der Waals surface area contributed by atoms with Crippen LogP contribution < -0.4 is 31.3 Å². The first kappa shape index (κ1) is 38.5. The first-order chi connectivity index (χ1) is 27.5. The van der Waals surface area contributed by atoms with Gasteiger partial charge in [0.2, 0.25) is 17.7 Å². The zero-order valence-electron chi connectivity index (χ0n) is 31.4. The molecule has 2 saturated heterocycles. The highest BCUT2D eigenvalue weighted by Gasteiger charge is 2.39. The topological polar surface area (TPSA) is 160 Å². The molecule has 3 atom stereocenters. The second-order valence-corrected chi connectivity index (χ2v) is 15.1. The minimum atomic E-state index is -4.79. The summed E-state index contributed by atoms with van der Waals surface area (Å²) < 4.78 is 50.8. The van der Waals surface area contributed by atoms with E-state index in [2.05, 4.69) is 41.5 Å². The van der Waals surface area contributed by atoms with Crippen LogP contribution in [0.1, 0.15) is 66.2 Å². The molecule has 1 aromatic carbocycles. The molecule has 13 nitrogen and oxygen atoms in total. The van der Waals surface area contributed by atoms with Gasteiger partial charge in [-0.15, -0.1) is 0 Å². The van der Waals surface area contributed by atoms with Crippen molar-refractivity contribution in [1.29, 1.82) is 0 Å². The van der Waals surface area contributed by atoms with E-state index in [9.17, 15) is 22.8 Å². The van der Waals surface area contributed by atoms with Crippen LogP contribution in [0.5, 0.6) is 5.88 Å². The Kier molecular flexibility index (Phi) is 10.8. The molecule has 8 rings (SSSR count). The molecule has 0 unspecified atom stereocenters. The second-order valence-electron chi connectivity index (χ2n) is 14.7. The summed E-state index contributed by atoms with van der Waals surface area (Å²) in [5.74, 6) is -0.404. The predicted octanol–water partition coefficient (Wildman–Crippen LogP) is 5.61. The third-order valence-electron chi connectivity index (χ3n) is 10.9. The van der Waals surface area contributed by atoms with Gasteiger partial charge in [-0.2, -0.15) is 18.2 Å². The number of carbonyl (C=O) groups excluding carboxylic acids is 2. The summed E-state index contributed by atoms with van der Waals surface area (Å²) in [5.41, 5.74) is 5.21. The number of carbonyl (C=O) groups is 2. The zero-order chi connectivity index (χ0) is 39.8. The molecule has 2 amide bonds. The Morgan fingerprint density at radius 3 is 2.33 bits per heavy atom. The Morgan fingerprint density at radius 2 is 1.65 bits per heavy atom. The van der Waals surface area contributed by atoms with Crippen molar-refractivity contribution in [2.45, 2.75) is 75.9 Å². The summed E-state index contributed by atoms with van der Waals surface area (Å²) in [6, 6.07) is 11.0. The first-order valence-electron chi connectivity index (χ1n) is 19.0. The van der Waals surface area contributed by atoms with E-state index in [0.717, 1.165) is 39.7 Å². The van der Waals surface area contributed by atoms with Crippen molar-refractivity contribution in [3.8, 4) is 28.4 Å². The van der Waals surface area contributed by atoms with Crippen molar-refractivity contribution in [3.63, 3.8) is 0 Å². The van der Waals surface area contributed by atoms with Crippen LogP contribution >= 0.6 is 11.6 Å². The average molecular weight is 803 g/mol. The summed E-state index contributed by atoms with van der Waals surface area (Å²) in [7, 11) is 3.29. The fourth-order valence-corrected chi connectivity index (χ4v) is 8.39. The second kappa shape index (κ2) is 15.9. The third-order valence-corrected chi connectivity index (χ3v) is 11.2. The molecule has 6 heterocycles. The number of nitrogens with one attached hydrogen (secondary N) is 5. The quantitative estimate of drug-likeness (QED) is 0.101. The van der Waals surface area contributed by atoms with Gasteiger partial charge in [0.1, 0.15) is 11.3 Å². The molecule has 0 spiro atoms. The maximum absolute atomic E-state index is 14.5. The van der Waals surface area contributed by atoms with Crippen LogP contribution in [0.25, 0.3) is 33.5 Å². The van der Waals surface area contributed by atoms with Crippen LogP contribution in [0.3, 0.4) is 0 Å². The number of alkyl halides is 3. The molecule has 4 aromatic heterocycles. The van der Waals surface area contributed by atoms with E-state index < -0.39 is 23.7 Å². The van der Waals surface area contributed by atoms with E-state index in [4.69, 9.17) is 21.3 Å². The number of ether oxygens (including phenoxy) is 1. The molecule has 298 valence electrons. The number of benzene rings is 1. The number of rotatable bonds is 13. The summed E-state index contributed by atoms with van der Waals surface area (Å²) in [4.78, 5) is 41.0. The highest BCUT2D eigenvalue weighted by Crippen LogP contribution is 2.44. The van der Waals surface area contributed by atoms with Crippen molar-refractivity contribution < 1.29 is 27.5 Å². The standard InChI is InChI=1S/C40H42ClF3N10O3/c1-54-20-21(16-45-17-22-6-12-32(55)48-22)24-8-10-30(52-38(24)54)28-14-15-47-35(34(28)41)27-5-3-4-26-25(27)9-11-29(26)51-37-36(40(42,43)44)50-31(39(53-37)57-2)19-46-18-23-7-13-33(56)49-23/h3-5,8,10,14-15,20,22-23,29,45-46H,6-7,9,11-13,16-19H2,1-2H3,(H,48,55)(H,49,56)(H,51,53)/t22-,23+,29+/m1/s1. The Morgan fingerprint density at radius 1 is 0.912 bits per heavy atom. The first-order valence-corrected chi connectivity index (χ1v) is 19.4. The monoisotopic (exact) mass is 802 g/mol. The van der Waals surface area contributed by atoms with Crippen molar-refractivity contribution in [3.05, 3.63) is 81.9 Å². The number of aryl methyl sites for hydroxylation is 1. The number of aromatic nitrogens is 5. The maximum Gasteiger partial charge on any atom is 0.437 e. The molecular formula is C40H42ClF3N10O3. The van der Waals surface area contributed by atoms with Crippen molar-refractivity contribution in [2.24, 2.45) is 7.05 Å². The van der Waals surface area contributed by atoms with Crippen LogP contribution in [0.4, 0.5) is 19.0 Å². The fourth-order valence-electron chi connectivity index (χ4n) is 8.08. The molecule has 0 radical (unpaired) electrons. The summed E-state index contributed by atoms with van der Waals surface area (Å²) in [6.07, 6.45) is 2.47. The molecule has 57 heavy (non-hydrogen) atoms. The Hall–Kier alpha value is -5.32. The molecule has 0 saturated carbocycles.